The van der Waals surface area contributed by atoms with Gasteiger partial charge in [-0.3, -0.25) is 19.4 Å². The molecule has 4 rings (SSSR count). The first-order valence-corrected chi connectivity index (χ1v) is 21.0. The van der Waals surface area contributed by atoms with Crippen LogP contribution < -0.4 is 32.7 Å². The molecule has 0 heterocycles. The van der Waals surface area contributed by atoms with E-state index >= 15 is 0 Å². The van der Waals surface area contributed by atoms with Crippen molar-refractivity contribution in [1.29, 1.82) is 0 Å². The number of benzene rings is 4. The van der Waals surface area contributed by atoms with Crippen LogP contribution in [0.5, 0.6) is 0 Å². The molecule has 10 N–H and O–H groups in total. The molecule has 0 radical (unpaired) electrons. The lowest BCUT2D eigenvalue weighted by Gasteiger charge is -2.33. The number of amides is 4. The van der Waals surface area contributed by atoms with Crippen LogP contribution in [0.15, 0.2) is 126 Å². The molecule has 0 saturated heterocycles. The fraction of sp³-hybridized carbons (Fsp3) is 0.362. The molecule has 350 valence electrons. The Hall–Kier alpha value is -6.95. The van der Waals surface area contributed by atoms with Crippen LogP contribution >= 0.6 is 0 Å². The molecule has 4 aromatic carbocycles. The number of carboxylic acid groups (broad SMARTS) is 1. The molecule has 4 atom stereocenters. The molecule has 4 aromatic rings. The molecule has 0 unspecified atom stereocenters. The number of nitrogens with two attached hydrogens (primary N) is 2. The number of halogens is 3. The van der Waals surface area contributed by atoms with Gasteiger partial charge in [0.15, 0.2) is 5.96 Å². The van der Waals surface area contributed by atoms with Gasteiger partial charge in [0, 0.05) is 19.0 Å². The van der Waals surface area contributed by atoms with Crippen LogP contribution in [-0.4, -0.2) is 89.5 Å². The van der Waals surface area contributed by atoms with E-state index in [0.29, 0.717) is 25.8 Å². The number of hydrogen-bond donors (Lipinski definition) is 8. The number of alkyl carbamates (subject to hydrolysis) is 1. The minimum Gasteiger partial charge on any atom is -0.475 e. The summed E-state index contributed by atoms with van der Waals surface area (Å²) in [5.74, 6) is -5.10. The van der Waals surface area contributed by atoms with Crippen LogP contribution in [-0.2, 0) is 36.9 Å². The Morgan fingerprint density at radius 3 is 1.74 bits per heavy atom. The van der Waals surface area contributed by atoms with Crippen LogP contribution in [0, 0.1) is 5.92 Å². The molecule has 0 bridgehead atoms. The number of nitrogens with zero attached hydrogens (tertiary/aromatic N) is 1. The molecule has 4 amide bonds. The van der Waals surface area contributed by atoms with Gasteiger partial charge >= 0.3 is 18.2 Å². The molecule has 0 aliphatic carbocycles. The second kappa shape index (κ2) is 27.3. The van der Waals surface area contributed by atoms with Crippen LogP contribution in [0.25, 0.3) is 0 Å². The van der Waals surface area contributed by atoms with E-state index in [1.807, 2.05) is 135 Å². The number of aliphatic hydroxyl groups is 1. The monoisotopic (exact) mass is 905 g/mol. The highest BCUT2D eigenvalue weighted by Gasteiger charge is 2.39. The quantitative estimate of drug-likeness (QED) is 0.0300. The fourth-order valence-corrected chi connectivity index (χ4v) is 6.62. The van der Waals surface area contributed by atoms with E-state index in [4.69, 9.17) is 26.1 Å². The third-order valence-electron chi connectivity index (χ3n) is 9.73. The van der Waals surface area contributed by atoms with Gasteiger partial charge in [0.2, 0.25) is 17.7 Å². The highest BCUT2D eigenvalue weighted by Crippen LogP contribution is 2.29. The maximum Gasteiger partial charge on any atom is 0.490 e. The number of carbonyl (C=O) groups is 5. The lowest BCUT2D eigenvalue weighted by Crippen LogP contribution is -2.58. The predicted octanol–water partition coefficient (Wildman–Crippen LogP) is 4.93. The molecule has 15 nitrogen and oxygen atoms in total. The summed E-state index contributed by atoms with van der Waals surface area (Å²) in [4.78, 5) is 68.1. The minimum absolute atomic E-state index is 0.0191. The summed E-state index contributed by atoms with van der Waals surface area (Å²) in [6, 6.07) is 34.2. The van der Waals surface area contributed by atoms with E-state index in [9.17, 15) is 37.5 Å². The van der Waals surface area contributed by atoms with Crippen molar-refractivity contribution in [3.8, 4) is 0 Å². The highest BCUT2D eigenvalue weighted by molar-refractivity contribution is 5.92. The number of hydrogen-bond acceptors (Lipinski definition) is 8. The summed E-state index contributed by atoms with van der Waals surface area (Å²) >= 11 is 0. The Balaban J connectivity index is 0.00000148. The Labute approximate surface area is 376 Å². The molecule has 0 aliphatic heterocycles. The van der Waals surface area contributed by atoms with E-state index < -0.39 is 60.2 Å². The van der Waals surface area contributed by atoms with E-state index in [1.54, 1.807) is 0 Å². The number of rotatable bonds is 22. The zero-order chi connectivity index (χ0) is 47.8. The lowest BCUT2D eigenvalue weighted by atomic mass is 9.84. The van der Waals surface area contributed by atoms with Gasteiger partial charge in [-0.2, -0.15) is 13.2 Å². The first-order valence-electron chi connectivity index (χ1n) is 21.0. The summed E-state index contributed by atoms with van der Waals surface area (Å²) in [5.41, 5.74) is 14.4. The SMILES string of the molecule is CC(C)C[C@H](NC(=O)[C@@H](NC(=O)[C@H](CCCN=C(N)N)NC(=O)OCc1ccccc1)C(c1ccccc1)c1ccccc1)[C@@H](O)CC(=O)NCCc1ccccc1.O=C(O)C(F)(F)F. The van der Waals surface area contributed by atoms with Gasteiger partial charge in [0.1, 0.15) is 18.7 Å². The van der Waals surface area contributed by atoms with Crippen molar-refractivity contribution < 1.29 is 52.1 Å². The van der Waals surface area contributed by atoms with Crippen molar-refractivity contribution >= 4 is 35.7 Å². The average Bonchev–Trinajstić information content (AvgIpc) is 3.27. The summed E-state index contributed by atoms with van der Waals surface area (Å²) in [7, 11) is 0. The summed E-state index contributed by atoms with van der Waals surface area (Å²) in [6.45, 7) is 4.48. The molecule has 18 heteroatoms. The summed E-state index contributed by atoms with van der Waals surface area (Å²) in [5, 5.41) is 30.1. The van der Waals surface area contributed by atoms with Crippen LogP contribution in [0.3, 0.4) is 0 Å². The van der Waals surface area contributed by atoms with Crippen LogP contribution in [0.4, 0.5) is 18.0 Å². The number of ether oxygens (including phenoxy) is 1. The van der Waals surface area contributed by atoms with Crippen molar-refractivity contribution in [2.75, 3.05) is 13.1 Å². The number of carbonyl (C=O) groups excluding carboxylic acids is 4. The Bertz CT molecular complexity index is 2060. The number of carboxylic acids is 1. The molecule has 0 saturated carbocycles. The van der Waals surface area contributed by atoms with Gasteiger partial charge in [-0.25, -0.2) is 9.59 Å². The average molecular weight is 906 g/mol. The van der Waals surface area contributed by atoms with Crippen molar-refractivity contribution in [3.05, 3.63) is 144 Å². The van der Waals surface area contributed by atoms with Crippen molar-refractivity contribution in [1.82, 2.24) is 21.3 Å². The van der Waals surface area contributed by atoms with E-state index in [0.717, 1.165) is 22.3 Å². The molecule has 0 aliphatic rings. The zero-order valence-electron chi connectivity index (χ0n) is 36.2. The minimum atomic E-state index is -5.08. The van der Waals surface area contributed by atoms with Crippen LogP contribution in [0.2, 0.25) is 0 Å². The molecule has 0 fully saturated rings. The van der Waals surface area contributed by atoms with Gasteiger partial charge in [-0.1, -0.05) is 135 Å². The number of aliphatic hydroxyl groups excluding tert-OH is 1. The third kappa shape index (κ3) is 20.0. The number of aliphatic carboxylic acids is 1. The number of guanidine groups is 1. The van der Waals surface area contributed by atoms with Crippen molar-refractivity contribution in [3.63, 3.8) is 0 Å². The number of alkyl halides is 3. The van der Waals surface area contributed by atoms with E-state index in [-0.39, 0.29) is 43.8 Å². The van der Waals surface area contributed by atoms with Gasteiger partial charge in [0.05, 0.1) is 18.6 Å². The topological polar surface area (TPSA) is 248 Å². The normalized spacial score (nSPS) is 12.9. The zero-order valence-corrected chi connectivity index (χ0v) is 36.2. The van der Waals surface area contributed by atoms with Crippen LogP contribution in [0.1, 0.15) is 67.7 Å². The first kappa shape index (κ1) is 52.4. The third-order valence-corrected chi connectivity index (χ3v) is 9.73. The van der Waals surface area contributed by atoms with Crippen molar-refractivity contribution in [2.24, 2.45) is 22.4 Å². The van der Waals surface area contributed by atoms with Gasteiger partial charge < -0.3 is 47.7 Å². The number of nitrogens with one attached hydrogen (secondary N) is 4. The smallest absolute Gasteiger partial charge is 0.475 e. The maximum atomic E-state index is 14.7. The largest absolute Gasteiger partial charge is 0.490 e. The summed E-state index contributed by atoms with van der Waals surface area (Å²) < 4.78 is 37.2. The molecular formula is C47H58F3N7O8. The molecule has 65 heavy (non-hydrogen) atoms. The standard InChI is InChI=1S/C45H57N7O6.C2HF3O2/c1-31(2)28-37(38(53)29-39(54)48-27-25-32-16-7-3-8-17-32)50-43(56)41(40(34-20-11-5-12-21-34)35-22-13-6-14-23-35)52-42(55)36(24-15-26-49-44(46)47)51-45(57)58-30-33-18-9-4-10-19-33;3-2(4,5)1(6)7/h3-14,16-23,31,36-38,40-41,53H,15,24-30H2,1-2H3,(H,48,54)(H,50,56)(H,51,57)(H,52,55)(H4,46,47,49);(H,6,7)/t36-,37-,38-,41-;/m0./s1. The summed E-state index contributed by atoms with van der Waals surface area (Å²) in [6.07, 6.45) is -5.95. The van der Waals surface area contributed by atoms with E-state index in [2.05, 4.69) is 26.3 Å². The maximum absolute atomic E-state index is 14.7. The van der Waals surface area contributed by atoms with Gasteiger partial charge in [-0.15, -0.1) is 0 Å². The Morgan fingerprint density at radius 1 is 0.738 bits per heavy atom. The number of aliphatic imine (C=N–C) groups is 1. The fourth-order valence-electron chi connectivity index (χ4n) is 6.62. The lowest BCUT2D eigenvalue weighted by molar-refractivity contribution is -0.192. The van der Waals surface area contributed by atoms with Gasteiger partial charge in [-0.05, 0) is 53.9 Å². The molecule has 0 aromatic heterocycles. The van der Waals surface area contributed by atoms with Crippen molar-refractivity contribution in [2.45, 2.75) is 88.9 Å². The first-order chi connectivity index (χ1) is 30.9. The Kier molecular flexibility index (Phi) is 22.0. The van der Waals surface area contributed by atoms with Gasteiger partial charge in [0.25, 0.3) is 0 Å². The predicted molar refractivity (Wildman–Crippen MR) is 239 cm³/mol. The second-order valence-corrected chi connectivity index (χ2v) is 15.4. The highest BCUT2D eigenvalue weighted by atomic mass is 19.4. The molecule has 0 spiro atoms. The second-order valence-electron chi connectivity index (χ2n) is 15.4. The Morgan fingerprint density at radius 2 is 1.25 bits per heavy atom. The van der Waals surface area contributed by atoms with E-state index in [1.165, 1.54) is 0 Å². The molecular weight excluding hydrogens is 848 g/mol.